The van der Waals surface area contributed by atoms with E-state index in [9.17, 15) is 4.79 Å². The summed E-state index contributed by atoms with van der Waals surface area (Å²) in [7, 11) is 0. The number of amides is 1. The van der Waals surface area contributed by atoms with E-state index in [0.717, 1.165) is 49.4 Å². The van der Waals surface area contributed by atoms with Gasteiger partial charge in [0.25, 0.3) is 0 Å². The summed E-state index contributed by atoms with van der Waals surface area (Å²) in [5, 5.41) is 0. The average Bonchev–Trinajstić information content (AvgIpc) is 3.11. The Morgan fingerprint density at radius 3 is 2.52 bits per heavy atom. The Balaban J connectivity index is 1.29. The van der Waals surface area contributed by atoms with E-state index in [-0.39, 0.29) is 5.91 Å². The Labute approximate surface area is 148 Å². The van der Waals surface area contributed by atoms with Crippen molar-refractivity contribution in [1.29, 1.82) is 0 Å². The van der Waals surface area contributed by atoms with Gasteiger partial charge in [-0.15, -0.1) is 0 Å². The van der Waals surface area contributed by atoms with Crippen molar-refractivity contribution in [1.82, 2.24) is 4.90 Å². The van der Waals surface area contributed by atoms with Crippen LogP contribution in [0.3, 0.4) is 0 Å². The molecule has 0 atom stereocenters. The van der Waals surface area contributed by atoms with E-state index in [1.165, 1.54) is 5.56 Å². The number of hydrogen-bond donors (Lipinski definition) is 0. The predicted molar refractivity (Wildman–Crippen MR) is 95.7 cm³/mol. The summed E-state index contributed by atoms with van der Waals surface area (Å²) in [5.74, 6) is 2.56. The molecule has 0 unspecified atom stereocenters. The monoisotopic (exact) mass is 337 g/mol. The molecule has 4 heteroatoms. The smallest absolute Gasteiger partial charge is 0.231 e. The van der Waals surface area contributed by atoms with Gasteiger partial charge in [-0.1, -0.05) is 36.4 Å². The van der Waals surface area contributed by atoms with Crippen LogP contribution < -0.4 is 9.47 Å². The molecule has 25 heavy (non-hydrogen) atoms. The van der Waals surface area contributed by atoms with Crippen LogP contribution in [0.15, 0.2) is 48.5 Å². The average molecular weight is 337 g/mol. The number of ether oxygens (including phenoxy) is 2. The highest BCUT2D eigenvalue weighted by molar-refractivity contribution is 5.78. The van der Waals surface area contributed by atoms with Gasteiger partial charge in [-0.2, -0.15) is 0 Å². The van der Waals surface area contributed by atoms with Gasteiger partial charge in [0.15, 0.2) is 11.5 Å². The van der Waals surface area contributed by atoms with Crippen LogP contribution in [0.4, 0.5) is 0 Å². The van der Waals surface area contributed by atoms with Crippen molar-refractivity contribution in [2.75, 3.05) is 19.9 Å². The molecule has 1 saturated heterocycles. The Morgan fingerprint density at radius 1 is 0.960 bits per heavy atom. The highest BCUT2D eigenvalue weighted by atomic mass is 16.7. The Kier molecular flexibility index (Phi) is 4.59. The quantitative estimate of drug-likeness (QED) is 0.858. The fourth-order valence-electron chi connectivity index (χ4n) is 3.67. The molecular formula is C21H23NO3. The number of carbonyl (C=O) groups excluding carboxylic acids is 1. The summed E-state index contributed by atoms with van der Waals surface area (Å²) < 4.78 is 10.8. The SMILES string of the molecule is O=C(Cc1ccccc1)N1CCC(Cc2ccc3c(c2)OCO3)CC1. The van der Waals surface area contributed by atoms with Crippen molar-refractivity contribution in [2.45, 2.75) is 25.7 Å². The highest BCUT2D eigenvalue weighted by Crippen LogP contribution is 2.34. The van der Waals surface area contributed by atoms with E-state index in [2.05, 4.69) is 12.1 Å². The maximum atomic E-state index is 12.5. The molecular weight excluding hydrogens is 314 g/mol. The first-order valence-electron chi connectivity index (χ1n) is 8.98. The molecule has 0 aliphatic carbocycles. The zero-order valence-electron chi connectivity index (χ0n) is 14.3. The molecule has 0 bridgehead atoms. The van der Waals surface area contributed by atoms with Crippen LogP contribution in [-0.2, 0) is 17.6 Å². The number of piperidine rings is 1. The molecule has 4 nitrogen and oxygen atoms in total. The summed E-state index contributed by atoms with van der Waals surface area (Å²) in [6.45, 7) is 2.04. The molecule has 1 fully saturated rings. The number of hydrogen-bond acceptors (Lipinski definition) is 3. The second kappa shape index (κ2) is 7.18. The second-order valence-electron chi connectivity index (χ2n) is 6.88. The van der Waals surface area contributed by atoms with Crippen molar-refractivity contribution in [2.24, 2.45) is 5.92 Å². The molecule has 2 aliphatic heterocycles. The van der Waals surface area contributed by atoms with Gasteiger partial charge in [0.05, 0.1) is 6.42 Å². The van der Waals surface area contributed by atoms with Crippen molar-refractivity contribution in [3.8, 4) is 11.5 Å². The van der Waals surface area contributed by atoms with Crippen LogP contribution >= 0.6 is 0 Å². The molecule has 130 valence electrons. The molecule has 0 radical (unpaired) electrons. The second-order valence-corrected chi connectivity index (χ2v) is 6.88. The zero-order valence-corrected chi connectivity index (χ0v) is 14.3. The molecule has 0 spiro atoms. The lowest BCUT2D eigenvalue weighted by Gasteiger charge is -2.32. The molecule has 4 rings (SSSR count). The summed E-state index contributed by atoms with van der Waals surface area (Å²) >= 11 is 0. The predicted octanol–water partition coefficient (Wildman–Crippen LogP) is 3.44. The Hall–Kier alpha value is -2.49. The van der Waals surface area contributed by atoms with Gasteiger partial charge in [0, 0.05) is 13.1 Å². The van der Waals surface area contributed by atoms with Crippen LogP contribution in [0.5, 0.6) is 11.5 Å². The van der Waals surface area contributed by atoms with Crippen LogP contribution in [0.1, 0.15) is 24.0 Å². The van der Waals surface area contributed by atoms with Crippen molar-refractivity contribution >= 4 is 5.91 Å². The number of fused-ring (bicyclic) bond motifs is 1. The van der Waals surface area contributed by atoms with Crippen LogP contribution in [0, 0.1) is 5.92 Å². The van der Waals surface area contributed by atoms with E-state index >= 15 is 0 Å². The minimum Gasteiger partial charge on any atom is -0.454 e. The topological polar surface area (TPSA) is 38.8 Å². The third kappa shape index (κ3) is 3.78. The normalized spacial score (nSPS) is 16.9. The van der Waals surface area contributed by atoms with Crippen molar-refractivity contribution < 1.29 is 14.3 Å². The molecule has 2 heterocycles. The molecule has 2 aliphatic rings. The summed E-state index contributed by atoms with van der Waals surface area (Å²) in [6.07, 6.45) is 3.68. The Morgan fingerprint density at radius 2 is 1.72 bits per heavy atom. The molecule has 0 N–H and O–H groups in total. The minimum atomic E-state index is 0.243. The van der Waals surface area contributed by atoms with E-state index in [1.807, 2.05) is 41.3 Å². The fourth-order valence-corrected chi connectivity index (χ4v) is 3.67. The fraction of sp³-hybridized carbons (Fsp3) is 0.381. The lowest BCUT2D eigenvalue weighted by molar-refractivity contribution is -0.131. The molecule has 2 aromatic rings. The number of carbonyl (C=O) groups is 1. The summed E-state index contributed by atoms with van der Waals surface area (Å²) in [6, 6.07) is 16.2. The number of likely N-dealkylation sites (tertiary alicyclic amines) is 1. The Bertz CT molecular complexity index is 736. The third-order valence-corrected chi connectivity index (χ3v) is 5.13. The van der Waals surface area contributed by atoms with E-state index in [0.29, 0.717) is 19.1 Å². The molecule has 1 amide bonds. The largest absolute Gasteiger partial charge is 0.454 e. The van der Waals surface area contributed by atoms with Crippen molar-refractivity contribution in [3.05, 3.63) is 59.7 Å². The molecule has 0 aromatic heterocycles. The maximum absolute atomic E-state index is 12.5. The van der Waals surface area contributed by atoms with Gasteiger partial charge in [0.1, 0.15) is 0 Å². The van der Waals surface area contributed by atoms with Gasteiger partial charge in [-0.3, -0.25) is 4.79 Å². The summed E-state index contributed by atoms with van der Waals surface area (Å²) in [4.78, 5) is 14.5. The molecule has 2 aromatic carbocycles. The van der Waals surface area contributed by atoms with E-state index < -0.39 is 0 Å². The zero-order chi connectivity index (χ0) is 17.1. The first kappa shape index (κ1) is 16.0. The maximum Gasteiger partial charge on any atom is 0.231 e. The first-order valence-corrected chi connectivity index (χ1v) is 8.98. The minimum absolute atomic E-state index is 0.243. The standard InChI is InChI=1S/C21H23NO3/c23-21(14-16-4-2-1-3-5-16)22-10-8-17(9-11-22)12-18-6-7-19-20(13-18)25-15-24-19/h1-7,13,17H,8-12,14-15H2. The van der Waals surface area contributed by atoms with Crippen LogP contribution in [0.2, 0.25) is 0 Å². The van der Waals surface area contributed by atoms with Crippen molar-refractivity contribution in [3.63, 3.8) is 0 Å². The lowest BCUT2D eigenvalue weighted by atomic mass is 9.90. The van der Waals surface area contributed by atoms with Gasteiger partial charge in [-0.25, -0.2) is 0 Å². The lowest BCUT2D eigenvalue weighted by Crippen LogP contribution is -2.39. The van der Waals surface area contributed by atoms with Crippen LogP contribution in [0.25, 0.3) is 0 Å². The third-order valence-electron chi connectivity index (χ3n) is 5.13. The molecule has 0 saturated carbocycles. The number of benzene rings is 2. The van der Waals surface area contributed by atoms with E-state index in [4.69, 9.17) is 9.47 Å². The summed E-state index contributed by atoms with van der Waals surface area (Å²) in [5.41, 5.74) is 2.38. The van der Waals surface area contributed by atoms with Gasteiger partial charge in [0.2, 0.25) is 12.7 Å². The first-order chi connectivity index (χ1) is 12.3. The number of rotatable bonds is 4. The van der Waals surface area contributed by atoms with Crippen LogP contribution in [-0.4, -0.2) is 30.7 Å². The van der Waals surface area contributed by atoms with E-state index in [1.54, 1.807) is 0 Å². The van der Waals surface area contributed by atoms with Gasteiger partial charge in [-0.05, 0) is 48.4 Å². The highest BCUT2D eigenvalue weighted by Gasteiger charge is 2.23. The number of nitrogens with zero attached hydrogens (tertiary/aromatic N) is 1. The van der Waals surface area contributed by atoms with Gasteiger partial charge < -0.3 is 14.4 Å². The van der Waals surface area contributed by atoms with Gasteiger partial charge >= 0.3 is 0 Å².